The molecule has 106 valence electrons. The van der Waals surface area contributed by atoms with Crippen molar-refractivity contribution < 1.29 is 21.6 Å². The second-order valence-corrected chi connectivity index (χ2v) is 7.18. The van der Waals surface area contributed by atoms with Gasteiger partial charge in [-0.25, -0.2) is 8.42 Å². The Kier molecular flexibility index (Phi) is 2.71. The van der Waals surface area contributed by atoms with E-state index >= 15 is 0 Å². The Morgan fingerprint density at radius 3 is 2.26 bits per heavy atom. The molecule has 0 bridgehead atoms. The number of hydrogen-bond acceptors (Lipinski definition) is 3. The molecule has 1 heterocycles. The van der Waals surface area contributed by atoms with Crippen LogP contribution in [0.5, 0.6) is 0 Å². The number of rotatable bonds is 4. The summed E-state index contributed by atoms with van der Waals surface area (Å²) in [6.07, 6.45) is 3.74. The van der Waals surface area contributed by atoms with Crippen LogP contribution in [0.3, 0.4) is 0 Å². The summed E-state index contributed by atoms with van der Waals surface area (Å²) in [5.41, 5.74) is -3.85. The summed E-state index contributed by atoms with van der Waals surface area (Å²) >= 11 is 0. The lowest BCUT2D eigenvalue weighted by Crippen LogP contribution is -2.28. The Balaban J connectivity index is 1.91. The van der Waals surface area contributed by atoms with Crippen LogP contribution in [0.15, 0.2) is 6.07 Å². The summed E-state index contributed by atoms with van der Waals surface area (Å²) in [5.74, 6) is -0.634. The van der Waals surface area contributed by atoms with Crippen molar-refractivity contribution in [3.8, 4) is 0 Å². The van der Waals surface area contributed by atoms with Gasteiger partial charge in [-0.1, -0.05) is 0 Å². The van der Waals surface area contributed by atoms with Crippen molar-refractivity contribution in [3.05, 3.63) is 17.5 Å². The largest absolute Gasteiger partial charge is 0.499 e. The number of aromatic nitrogens is 2. The van der Waals surface area contributed by atoms with Gasteiger partial charge in [-0.2, -0.15) is 18.3 Å². The van der Waals surface area contributed by atoms with Gasteiger partial charge < -0.3 is 0 Å². The molecule has 0 saturated heterocycles. The number of halogens is 3. The standard InChI is InChI=1S/C11H13F3N2O2S/c12-11(13,14)19(17,18)6-16-10(8-3-4-8)5-9(15-16)7-1-2-7/h5,7-8H,1-4,6H2. The molecular formula is C11H13F3N2O2S. The zero-order chi connectivity index (χ0) is 13.8. The molecule has 0 aromatic carbocycles. The molecule has 2 aliphatic carbocycles. The van der Waals surface area contributed by atoms with Crippen LogP contribution in [-0.4, -0.2) is 23.7 Å². The van der Waals surface area contributed by atoms with Crippen molar-refractivity contribution in [2.45, 2.75) is 48.9 Å². The highest BCUT2D eigenvalue weighted by Crippen LogP contribution is 2.45. The van der Waals surface area contributed by atoms with Gasteiger partial charge in [0, 0.05) is 17.5 Å². The Hall–Kier alpha value is -1.05. The fourth-order valence-electron chi connectivity index (χ4n) is 2.08. The summed E-state index contributed by atoms with van der Waals surface area (Å²) in [6, 6.07) is 1.78. The van der Waals surface area contributed by atoms with E-state index in [-0.39, 0.29) is 5.92 Å². The normalized spacial score (nSPS) is 20.8. The number of alkyl halides is 3. The first-order valence-electron chi connectivity index (χ1n) is 6.14. The van der Waals surface area contributed by atoms with Gasteiger partial charge in [0.2, 0.25) is 0 Å². The van der Waals surface area contributed by atoms with Crippen molar-refractivity contribution in [1.82, 2.24) is 9.78 Å². The first kappa shape index (κ1) is 13.0. The maximum Gasteiger partial charge on any atom is 0.499 e. The Morgan fingerprint density at radius 2 is 1.79 bits per heavy atom. The Bertz CT molecular complexity index is 598. The molecule has 2 aliphatic rings. The molecule has 1 aromatic rings. The van der Waals surface area contributed by atoms with Gasteiger partial charge in [-0.3, -0.25) is 4.68 Å². The van der Waals surface area contributed by atoms with Gasteiger partial charge >= 0.3 is 5.51 Å². The van der Waals surface area contributed by atoms with E-state index in [1.807, 2.05) is 0 Å². The highest BCUT2D eigenvalue weighted by atomic mass is 32.2. The van der Waals surface area contributed by atoms with Crippen LogP contribution in [0, 0.1) is 0 Å². The highest BCUT2D eigenvalue weighted by molar-refractivity contribution is 7.91. The van der Waals surface area contributed by atoms with E-state index in [4.69, 9.17) is 0 Å². The second kappa shape index (κ2) is 3.97. The van der Waals surface area contributed by atoms with Crippen LogP contribution >= 0.6 is 0 Å². The minimum atomic E-state index is -5.22. The average molecular weight is 294 g/mol. The van der Waals surface area contributed by atoms with Gasteiger partial charge in [-0.15, -0.1) is 0 Å². The van der Waals surface area contributed by atoms with E-state index in [2.05, 4.69) is 5.10 Å². The van der Waals surface area contributed by atoms with Gasteiger partial charge in [0.1, 0.15) is 0 Å². The van der Waals surface area contributed by atoms with Gasteiger partial charge in [0.25, 0.3) is 9.84 Å². The van der Waals surface area contributed by atoms with E-state index in [1.165, 1.54) is 0 Å². The molecular weight excluding hydrogens is 281 g/mol. The number of nitrogens with zero attached hydrogens (tertiary/aromatic N) is 2. The van der Waals surface area contributed by atoms with Gasteiger partial charge in [0.05, 0.1) is 5.69 Å². The van der Waals surface area contributed by atoms with E-state index in [1.54, 1.807) is 6.07 Å². The van der Waals surface area contributed by atoms with E-state index < -0.39 is 21.2 Å². The lowest BCUT2D eigenvalue weighted by atomic mass is 10.2. The molecule has 1 aromatic heterocycles. The number of hydrogen-bond donors (Lipinski definition) is 0. The smallest absolute Gasteiger partial charge is 0.253 e. The molecule has 0 amide bonds. The molecule has 2 fully saturated rings. The van der Waals surface area contributed by atoms with Gasteiger partial charge in [0.15, 0.2) is 5.88 Å². The molecule has 0 atom stereocenters. The van der Waals surface area contributed by atoms with Crippen LogP contribution in [0.4, 0.5) is 13.2 Å². The SMILES string of the molecule is O=S(=O)(Cn1nc(C2CC2)cc1C1CC1)C(F)(F)F. The maximum atomic E-state index is 12.4. The third kappa shape index (κ3) is 2.50. The Morgan fingerprint density at radius 1 is 1.21 bits per heavy atom. The summed E-state index contributed by atoms with van der Waals surface area (Å²) in [4.78, 5) is 0. The molecule has 3 rings (SSSR count). The first-order chi connectivity index (χ1) is 8.78. The average Bonchev–Trinajstić information content (AvgIpc) is 3.17. The minimum absolute atomic E-state index is 0.170. The van der Waals surface area contributed by atoms with Crippen LogP contribution < -0.4 is 0 Å². The first-order valence-corrected chi connectivity index (χ1v) is 7.80. The van der Waals surface area contributed by atoms with E-state index in [9.17, 15) is 21.6 Å². The summed E-state index contributed by atoms with van der Waals surface area (Å²) in [6.45, 7) is 0. The molecule has 0 N–H and O–H groups in total. The zero-order valence-corrected chi connectivity index (χ0v) is 10.8. The maximum absolute atomic E-state index is 12.4. The monoisotopic (exact) mass is 294 g/mol. The van der Waals surface area contributed by atoms with Crippen molar-refractivity contribution >= 4 is 9.84 Å². The van der Waals surface area contributed by atoms with Crippen LogP contribution in [0.2, 0.25) is 0 Å². The quantitative estimate of drug-likeness (QED) is 0.857. The molecule has 0 aliphatic heterocycles. The summed E-state index contributed by atoms with van der Waals surface area (Å²) < 4.78 is 60.7. The molecule has 2 saturated carbocycles. The summed E-state index contributed by atoms with van der Waals surface area (Å²) in [7, 11) is -5.17. The molecule has 8 heteroatoms. The van der Waals surface area contributed by atoms with Gasteiger partial charge in [-0.05, 0) is 31.7 Å². The predicted molar refractivity (Wildman–Crippen MR) is 61.2 cm³/mol. The lowest BCUT2D eigenvalue weighted by Gasteiger charge is -2.10. The van der Waals surface area contributed by atoms with Crippen LogP contribution in [0.1, 0.15) is 48.9 Å². The molecule has 0 radical (unpaired) electrons. The topological polar surface area (TPSA) is 52.0 Å². The Labute approximate surface area is 108 Å². The fourth-order valence-corrected chi connectivity index (χ4v) is 2.75. The van der Waals surface area contributed by atoms with Crippen LogP contribution in [-0.2, 0) is 15.7 Å². The zero-order valence-electron chi connectivity index (χ0n) is 10.0. The van der Waals surface area contributed by atoms with E-state index in [0.29, 0.717) is 11.6 Å². The molecule has 4 nitrogen and oxygen atoms in total. The van der Waals surface area contributed by atoms with Crippen molar-refractivity contribution in [1.29, 1.82) is 0 Å². The lowest BCUT2D eigenvalue weighted by molar-refractivity contribution is -0.0443. The van der Waals surface area contributed by atoms with Crippen molar-refractivity contribution in [3.63, 3.8) is 0 Å². The van der Waals surface area contributed by atoms with Crippen molar-refractivity contribution in [2.24, 2.45) is 0 Å². The third-order valence-electron chi connectivity index (χ3n) is 3.47. The second-order valence-electron chi connectivity index (χ2n) is 5.23. The molecule has 0 spiro atoms. The van der Waals surface area contributed by atoms with E-state index in [0.717, 1.165) is 36.1 Å². The van der Waals surface area contributed by atoms with Crippen molar-refractivity contribution in [2.75, 3.05) is 0 Å². The summed E-state index contributed by atoms with van der Waals surface area (Å²) in [5, 5.41) is 4.07. The highest BCUT2D eigenvalue weighted by Gasteiger charge is 2.46. The fraction of sp³-hybridized carbons (Fsp3) is 0.727. The predicted octanol–water partition coefficient (Wildman–Crippen LogP) is 2.53. The molecule has 19 heavy (non-hydrogen) atoms. The molecule has 0 unspecified atom stereocenters. The minimum Gasteiger partial charge on any atom is -0.253 e. The van der Waals surface area contributed by atoms with Crippen LogP contribution in [0.25, 0.3) is 0 Å². The third-order valence-corrected chi connectivity index (χ3v) is 4.76. The number of sulfone groups is 1.